The molecular formula is C21H25ClFN3O. The molecule has 1 aliphatic heterocycles. The second-order valence-electron chi connectivity index (χ2n) is 7.47. The minimum absolute atomic E-state index is 0.0785. The molecular weight excluding hydrogens is 365 g/mol. The van der Waals surface area contributed by atoms with Gasteiger partial charge in [0.15, 0.2) is 0 Å². The number of piperazine rings is 1. The molecule has 3 rings (SSSR count). The molecule has 2 amide bonds. The summed E-state index contributed by atoms with van der Waals surface area (Å²) in [5.74, 6) is -0.222. The number of hydrogen-bond donors (Lipinski definition) is 1. The zero-order valence-electron chi connectivity index (χ0n) is 15.7. The Kier molecular flexibility index (Phi) is 5.90. The number of halogens is 2. The Morgan fingerprint density at radius 3 is 2.33 bits per heavy atom. The molecule has 0 aliphatic carbocycles. The number of amides is 2. The summed E-state index contributed by atoms with van der Waals surface area (Å²) in [5.41, 5.74) is 1.52. The molecule has 1 saturated heterocycles. The molecule has 0 atom stereocenters. The molecule has 2 aromatic rings. The molecule has 0 radical (unpaired) electrons. The van der Waals surface area contributed by atoms with E-state index in [0.717, 1.165) is 5.56 Å². The number of carbonyl (C=O) groups excluding carboxylic acids is 1. The Hall–Kier alpha value is -2.27. The van der Waals surface area contributed by atoms with Crippen LogP contribution >= 0.6 is 11.6 Å². The second kappa shape index (κ2) is 8.17. The average Bonchev–Trinajstić information content (AvgIpc) is 2.67. The summed E-state index contributed by atoms with van der Waals surface area (Å²) >= 11 is 5.95. The number of nitrogens with zero attached hydrogens (tertiary/aromatic N) is 2. The van der Waals surface area contributed by atoms with E-state index in [9.17, 15) is 9.18 Å². The van der Waals surface area contributed by atoms with E-state index in [2.05, 4.69) is 19.2 Å². The predicted molar refractivity (Wildman–Crippen MR) is 108 cm³/mol. The van der Waals surface area contributed by atoms with Crippen molar-refractivity contribution >= 4 is 23.3 Å². The van der Waals surface area contributed by atoms with E-state index in [0.29, 0.717) is 43.4 Å². The van der Waals surface area contributed by atoms with Crippen LogP contribution in [0.2, 0.25) is 5.02 Å². The lowest BCUT2D eigenvalue weighted by Crippen LogP contribution is -2.53. The van der Waals surface area contributed by atoms with E-state index >= 15 is 0 Å². The van der Waals surface area contributed by atoms with Crippen molar-refractivity contribution in [3.63, 3.8) is 0 Å². The first kappa shape index (κ1) is 19.5. The highest BCUT2D eigenvalue weighted by molar-refractivity contribution is 6.30. The van der Waals surface area contributed by atoms with Crippen LogP contribution < -0.4 is 10.2 Å². The van der Waals surface area contributed by atoms with Crippen molar-refractivity contribution in [1.29, 1.82) is 0 Å². The summed E-state index contributed by atoms with van der Waals surface area (Å²) in [7, 11) is 0. The quantitative estimate of drug-likeness (QED) is 0.846. The van der Waals surface area contributed by atoms with Crippen molar-refractivity contribution in [1.82, 2.24) is 10.2 Å². The average molecular weight is 390 g/mol. The zero-order valence-corrected chi connectivity index (χ0v) is 16.5. The normalized spacial score (nSPS) is 15.0. The van der Waals surface area contributed by atoms with Gasteiger partial charge in [-0.05, 0) is 29.8 Å². The minimum atomic E-state index is -0.222. The van der Waals surface area contributed by atoms with Crippen LogP contribution in [-0.2, 0) is 5.41 Å². The number of para-hydroxylation sites is 1. The lowest BCUT2D eigenvalue weighted by Gasteiger charge is -2.37. The summed E-state index contributed by atoms with van der Waals surface area (Å²) in [5, 5.41) is 3.73. The number of carbonyl (C=O) groups is 1. The van der Waals surface area contributed by atoms with Crippen LogP contribution in [0.3, 0.4) is 0 Å². The number of hydrogen-bond acceptors (Lipinski definition) is 2. The number of nitrogens with one attached hydrogen (secondary N) is 1. The topological polar surface area (TPSA) is 35.6 Å². The highest BCUT2D eigenvalue weighted by Gasteiger charge is 2.25. The van der Waals surface area contributed by atoms with E-state index in [1.165, 1.54) is 6.07 Å². The van der Waals surface area contributed by atoms with Crippen LogP contribution in [0.5, 0.6) is 0 Å². The SMILES string of the molecule is CC(C)(CNC(=O)N1CCN(c2ccccc2F)CC1)c1ccc(Cl)cc1. The number of benzene rings is 2. The summed E-state index contributed by atoms with van der Waals surface area (Å²) in [4.78, 5) is 16.3. The maximum absolute atomic E-state index is 13.9. The Morgan fingerprint density at radius 2 is 1.70 bits per heavy atom. The van der Waals surface area contributed by atoms with Crippen LogP contribution in [0, 0.1) is 5.82 Å². The molecule has 0 bridgehead atoms. The third-order valence-corrected chi connectivity index (χ3v) is 5.32. The molecule has 0 saturated carbocycles. The van der Waals surface area contributed by atoms with Crippen LogP contribution in [0.4, 0.5) is 14.9 Å². The molecule has 0 spiro atoms. The maximum Gasteiger partial charge on any atom is 0.317 e. The molecule has 144 valence electrons. The van der Waals surface area contributed by atoms with Gasteiger partial charge >= 0.3 is 6.03 Å². The standard InChI is InChI=1S/C21H25ClFN3O/c1-21(2,16-7-9-17(22)10-8-16)15-24-20(27)26-13-11-25(12-14-26)19-6-4-3-5-18(19)23/h3-10H,11-15H2,1-2H3,(H,24,27). The number of anilines is 1. The van der Waals surface area contributed by atoms with Crippen molar-refractivity contribution in [3.8, 4) is 0 Å². The van der Waals surface area contributed by atoms with Gasteiger partial charge in [-0.1, -0.05) is 49.7 Å². The Balaban J connectivity index is 1.52. The van der Waals surface area contributed by atoms with Crippen LogP contribution in [-0.4, -0.2) is 43.7 Å². The first-order valence-electron chi connectivity index (χ1n) is 9.15. The fourth-order valence-corrected chi connectivity index (χ4v) is 3.40. The smallest absolute Gasteiger partial charge is 0.317 e. The fraction of sp³-hybridized carbons (Fsp3) is 0.381. The fourth-order valence-electron chi connectivity index (χ4n) is 3.27. The zero-order chi connectivity index (χ0) is 19.4. The van der Waals surface area contributed by atoms with Gasteiger partial charge in [0.1, 0.15) is 5.82 Å². The molecule has 27 heavy (non-hydrogen) atoms. The first-order chi connectivity index (χ1) is 12.9. The van der Waals surface area contributed by atoms with Gasteiger partial charge in [0.05, 0.1) is 5.69 Å². The molecule has 0 aromatic heterocycles. The molecule has 0 unspecified atom stereocenters. The lowest BCUT2D eigenvalue weighted by molar-refractivity contribution is 0.192. The maximum atomic E-state index is 13.9. The van der Waals surface area contributed by atoms with Crippen molar-refractivity contribution in [3.05, 3.63) is 64.9 Å². The first-order valence-corrected chi connectivity index (χ1v) is 9.53. The van der Waals surface area contributed by atoms with E-state index in [-0.39, 0.29) is 17.3 Å². The van der Waals surface area contributed by atoms with Gasteiger partial charge in [-0.2, -0.15) is 0 Å². The predicted octanol–water partition coefficient (Wildman–Crippen LogP) is 4.29. The van der Waals surface area contributed by atoms with E-state index < -0.39 is 0 Å². The molecule has 4 nitrogen and oxygen atoms in total. The molecule has 1 heterocycles. The summed E-state index contributed by atoms with van der Waals surface area (Å²) in [6.45, 7) is 7.09. The van der Waals surface area contributed by atoms with Gasteiger partial charge in [0.25, 0.3) is 0 Å². The molecule has 2 aromatic carbocycles. The largest absolute Gasteiger partial charge is 0.366 e. The Bertz CT molecular complexity index is 786. The Labute approximate surface area is 164 Å². The monoisotopic (exact) mass is 389 g/mol. The van der Waals surface area contributed by atoms with E-state index in [1.54, 1.807) is 17.0 Å². The van der Waals surface area contributed by atoms with Gasteiger partial charge in [0, 0.05) is 43.2 Å². The molecule has 6 heteroatoms. The minimum Gasteiger partial charge on any atom is -0.366 e. The molecule has 1 N–H and O–H groups in total. The van der Waals surface area contributed by atoms with Crippen molar-refractivity contribution in [2.45, 2.75) is 19.3 Å². The second-order valence-corrected chi connectivity index (χ2v) is 7.91. The van der Waals surface area contributed by atoms with Crippen molar-refractivity contribution in [2.75, 3.05) is 37.6 Å². The summed E-state index contributed by atoms with van der Waals surface area (Å²) < 4.78 is 13.9. The highest BCUT2D eigenvalue weighted by atomic mass is 35.5. The third kappa shape index (κ3) is 4.72. The van der Waals surface area contributed by atoms with E-state index in [4.69, 9.17) is 11.6 Å². The van der Waals surface area contributed by atoms with Crippen molar-refractivity contribution in [2.24, 2.45) is 0 Å². The lowest BCUT2D eigenvalue weighted by atomic mass is 9.85. The van der Waals surface area contributed by atoms with Crippen LogP contribution in [0.1, 0.15) is 19.4 Å². The van der Waals surface area contributed by atoms with Crippen LogP contribution in [0.15, 0.2) is 48.5 Å². The van der Waals surface area contributed by atoms with Gasteiger partial charge in [0.2, 0.25) is 0 Å². The number of rotatable bonds is 4. The Morgan fingerprint density at radius 1 is 1.07 bits per heavy atom. The van der Waals surface area contributed by atoms with E-state index in [1.807, 2.05) is 35.2 Å². The molecule has 1 aliphatic rings. The van der Waals surface area contributed by atoms with Gasteiger partial charge in [-0.25, -0.2) is 9.18 Å². The number of urea groups is 1. The third-order valence-electron chi connectivity index (χ3n) is 5.07. The highest BCUT2D eigenvalue weighted by Crippen LogP contribution is 2.24. The van der Waals surface area contributed by atoms with Crippen molar-refractivity contribution < 1.29 is 9.18 Å². The molecule has 1 fully saturated rings. The van der Waals surface area contributed by atoms with Gasteiger partial charge in [-0.3, -0.25) is 0 Å². The van der Waals surface area contributed by atoms with Gasteiger partial charge in [-0.15, -0.1) is 0 Å². The summed E-state index contributed by atoms with van der Waals surface area (Å²) in [6, 6.07) is 14.4. The van der Waals surface area contributed by atoms with Crippen LogP contribution in [0.25, 0.3) is 0 Å². The summed E-state index contributed by atoms with van der Waals surface area (Å²) in [6.07, 6.45) is 0. The van der Waals surface area contributed by atoms with Gasteiger partial charge < -0.3 is 15.1 Å².